The first kappa shape index (κ1) is 17.2. The van der Waals surface area contributed by atoms with Gasteiger partial charge in [-0.25, -0.2) is 4.79 Å². The van der Waals surface area contributed by atoms with Crippen LogP contribution in [0.4, 0.5) is 10.5 Å². The third kappa shape index (κ3) is 3.89. The molecule has 1 heterocycles. The molecule has 3 rings (SSSR count). The Morgan fingerprint density at radius 2 is 2.12 bits per heavy atom. The van der Waals surface area contributed by atoms with Crippen molar-refractivity contribution in [2.24, 2.45) is 0 Å². The van der Waals surface area contributed by atoms with Crippen molar-refractivity contribution in [3.05, 3.63) is 54.4 Å². The van der Waals surface area contributed by atoms with Gasteiger partial charge in [-0.1, -0.05) is 12.1 Å². The van der Waals surface area contributed by atoms with E-state index in [1.165, 1.54) is 0 Å². The standard InChI is InChI=1S/C18H21N3O4/c1-25-13-6-2-5-12(8-13)20-18(24)21-16-14(9-15(22)17(16)23)11-4-3-7-19-10-11/h2-8,10,14-17,22-23H,9H2,1H3,(H2,20,21,24)/t14-,15-,16-,17-/m1/s1. The van der Waals surface area contributed by atoms with Crippen molar-refractivity contribution >= 4 is 11.7 Å². The fraction of sp³-hybridized carbons (Fsp3) is 0.333. The van der Waals surface area contributed by atoms with Gasteiger partial charge >= 0.3 is 6.03 Å². The number of carbonyl (C=O) groups is 1. The lowest BCUT2D eigenvalue weighted by atomic mass is 9.95. The SMILES string of the molecule is COc1cccc(NC(=O)N[C@H]2[C@H](O)[C@H](O)C[C@@H]2c2cccnc2)c1. The summed E-state index contributed by atoms with van der Waals surface area (Å²) in [5.41, 5.74) is 1.44. The molecular weight excluding hydrogens is 322 g/mol. The van der Waals surface area contributed by atoms with Crippen LogP contribution in [0, 0.1) is 0 Å². The summed E-state index contributed by atoms with van der Waals surface area (Å²) in [6.45, 7) is 0. The monoisotopic (exact) mass is 343 g/mol. The van der Waals surface area contributed by atoms with E-state index in [0.717, 1.165) is 5.56 Å². The molecule has 1 aromatic carbocycles. The number of pyridine rings is 1. The maximum Gasteiger partial charge on any atom is 0.319 e. The number of urea groups is 1. The number of anilines is 1. The minimum absolute atomic E-state index is 0.213. The van der Waals surface area contributed by atoms with Crippen molar-refractivity contribution in [1.29, 1.82) is 0 Å². The molecule has 0 bridgehead atoms. The number of aliphatic hydroxyl groups excluding tert-OH is 2. The summed E-state index contributed by atoms with van der Waals surface area (Å²) >= 11 is 0. The number of aliphatic hydroxyl groups is 2. The van der Waals surface area contributed by atoms with Crippen LogP contribution in [-0.2, 0) is 0 Å². The van der Waals surface area contributed by atoms with Gasteiger partial charge in [-0.3, -0.25) is 4.98 Å². The average Bonchev–Trinajstić information content (AvgIpc) is 2.91. The van der Waals surface area contributed by atoms with E-state index in [1.807, 2.05) is 6.07 Å². The number of hydrogen-bond acceptors (Lipinski definition) is 5. The van der Waals surface area contributed by atoms with E-state index >= 15 is 0 Å². The Balaban J connectivity index is 1.71. The van der Waals surface area contributed by atoms with Crippen LogP contribution in [-0.4, -0.2) is 46.6 Å². The van der Waals surface area contributed by atoms with Crippen LogP contribution in [0.15, 0.2) is 48.8 Å². The molecule has 1 aliphatic rings. The van der Waals surface area contributed by atoms with Crippen LogP contribution in [0.5, 0.6) is 5.75 Å². The average molecular weight is 343 g/mol. The predicted molar refractivity (Wildman–Crippen MR) is 92.5 cm³/mol. The van der Waals surface area contributed by atoms with E-state index < -0.39 is 24.3 Å². The Hall–Kier alpha value is -2.64. The largest absolute Gasteiger partial charge is 0.497 e. The number of nitrogens with one attached hydrogen (secondary N) is 2. The predicted octanol–water partition coefficient (Wildman–Crippen LogP) is 1.49. The van der Waals surface area contributed by atoms with Gasteiger partial charge in [0.1, 0.15) is 11.9 Å². The number of amides is 2. The molecule has 1 saturated carbocycles. The Bertz CT molecular complexity index is 725. The number of rotatable bonds is 4. The Morgan fingerprint density at radius 1 is 1.28 bits per heavy atom. The molecule has 0 saturated heterocycles. The van der Waals surface area contributed by atoms with Crippen LogP contribution in [0.25, 0.3) is 0 Å². The van der Waals surface area contributed by atoms with Crippen LogP contribution in [0.2, 0.25) is 0 Å². The molecule has 1 fully saturated rings. The van der Waals surface area contributed by atoms with E-state index in [1.54, 1.807) is 49.8 Å². The quantitative estimate of drug-likeness (QED) is 0.673. The zero-order chi connectivity index (χ0) is 17.8. The minimum Gasteiger partial charge on any atom is -0.497 e. The van der Waals surface area contributed by atoms with Gasteiger partial charge in [-0.05, 0) is 30.2 Å². The molecule has 0 spiro atoms. The lowest BCUT2D eigenvalue weighted by molar-refractivity contribution is 0.0322. The van der Waals surface area contributed by atoms with Gasteiger partial charge < -0.3 is 25.6 Å². The van der Waals surface area contributed by atoms with Crippen molar-refractivity contribution in [3.8, 4) is 5.75 Å². The number of ether oxygens (including phenoxy) is 1. The lowest BCUT2D eigenvalue weighted by Gasteiger charge is -2.23. The molecule has 1 aliphatic carbocycles. The van der Waals surface area contributed by atoms with E-state index in [0.29, 0.717) is 17.9 Å². The maximum absolute atomic E-state index is 12.3. The molecule has 2 amide bonds. The molecule has 7 heteroatoms. The topological polar surface area (TPSA) is 104 Å². The summed E-state index contributed by atoms with van der Waals surface area (Å²) < 4.78 is 5.12. The second-order valence-electron chi connectivity index (χ2n) is 6.04. The van der Waals surface area contributed by atoms with E-state index in [2.05, 4.69) is 15.6 Å². The number of nitrogens with zero attached hydrogens (tertiary/aromatic N) is 1. The molecule has 4 N–H and O–H groups in total. The molecule has 132 valence electrons. The smallest absolute Gasteiger partial charge is 0.319 e. The summed E-state index contributed by atoms with van der Waals surface area (Å²) in [6.07, 6.45) is 1.76. The number of benzene rings is 1. The van der Waals surface area contributed by atoms with Gasteiger partial charge in [-0.2, -0.15) is 0 Å². The van der Waals surface area contributed by atoms with Gasteiger partial charge in [0.2, 0.25) is 0 Å². The zero-order valence-corrected chi connectivity index (χ0v) is 13.8. The summed E-state index contributed by atoms with van der Waals surface area (Å²) in [4.78, 5) is 16.4. The van der Waals surface area contributed by atoms with Crippen molar-refractivity contribution in [3.63, 3.8) is 0 Å². The molecule has 1 aromatic heterocycles. The van der Waals surface area contributed by atoms with Crippen molar-refractivity contribution in [1.82, 2.24) is 10.3 Å². The third-order valence-electron chi connectivity index (χ3n) is 4.43. The van der Waals surface area contributed by atoms with Crippen LogP contribution >= 0.6 is 0 Å². The first-order valence-electron chi connectivity index (χ1n) is 8.06. The zero-order valence-electron chi connectivity index (χ0n) is 13.8. The van der Waals surface area contributed by atoms with Gasteiger partial charge in [0.05, 0.1) is 19.3 Å². The Morgan fingerprint density at radius 3 is 2.84 bits per heavy atom. The summed E-state index contributed by atoms with van der Waals surface area (Å²) in [7, 11) is 1.55. The van der Waals surface area contributed by atoms with E-state index in [9.17, 15) is 15.0 Å². The van der Waals surface area contributed by atoms with E-state index in [-0.39, 0.29) is 5.92 Å². The molecule has 0 unspecified atom stereocenters. The first-order valence-corrected chi connectivity index (χ1v) is 8.06. The number of hydrogen-bond donors (Lipinski definition) is 4. The first-order chi connectivity index (χ1) is 12.1. The molecule has 0 radical (unpaired) electrons. The van der Waals surface area contributed by atoms with Gasteiger partial charge in [0.25, 0.3) is 0 Å². The van der Waals surface area contributed by atoms with Crippen molar-refractivity contribution in [2.45, 2.75) is 30.6 Å². The second kappa shape index (κ2) is 7.50. The van der Waals surface area contributed by atoms with Crippen molar-refractivity contribution in [2.75, 3.05) is 12.4 Å². The number of aromatic nitrogens is 1. The fourth-order valence-electron chi connectivity index (χ4n) is 3.17. The van der Waals surface area contributed by atoms with Gasteiger partial charge in [-0.15, -0.1) is 0 Å². The van der Waals surface area contributed by atoms with E-state index in [4.69, 9.17) is 4.74 Å². The molecule has 25 heavy (non-hydrogen) atoms. The van der Waals surface area contributed by atoms with Crippen LogP contribution < -0.4 is 15.4 Å². The van der Waals surface area contributed by atoms with Gasteiger partial charge in [0, 0.05) is 30.1 Å². The van der Waals surface area contributed by atoms with Gasteiger partial charge in [0.15, 0.2) is 0 Å². The molecule has 4 atom stereocenters. The number of carbonyl (C=O) groups excluding carboxylic acids is 1. The summed E-state index contributed by atoms with van der Waals surface area (Å²) in [5, 5.41) is 25.7. The Labute approximate surface area is 145 Å². The second-order valence-corrected chi connectivity index (χ2v) is 6.04. The molecule has 7 nitrogen and oxygen atoms in total. The fourth-order valence-corrected chi connectivity index (χ4v) is 3.17. The van der Waals surface area contributed by atoms with Crippen LogP contribution in [0.3, 0.4) is 0 Å². The minimum atomic E-state index is -1.04. The molecule has 0 aliphatic heterocycles. The molecular formula is C18H21N3O4. The normalized spacial score (nSPS) is 25.4. The number of methoxy groups -OCH3 is 1. The molecule has 2 aromatic rings. The summed E-state index contributed by atoms with van der Waals surface area (Å²) in [5.74, 6) is 0.414. The highest BCUT2D eigenvalue weighted by Gasteiger charge is 2.43. The maximum atomic E-state index is 12.3. The highest BCUT2D eigenvalue weighted by molar-refractivity contribution is 5.89. The highest BCUT2D eigenvalue weighted by Crippen LogP contribution is 2.35. The lowest BCUT2D eigenvalue weighted by Crippen LogP contribution is -2.46. The summed E-state index contributed by atoms with van der Waals surface area (Å²) in [6, 6.07) is 9.57. The van der Waals surface area contributed by atoms with Crippen molar-refractivity contribution < 1.29 is 19.7 Å². The van der Waals surface area contributed by atoms with Crippen LogP contribution in [0.1, 0.15) is 17.9 Å². The highest BCUT2D eigenvalue weighted by atomic mass is 16.5. The Kier molecular flexibility index (Phi) is 5.16. The third-order valence-corrected chi connectivity index (χ3v) is 4.43.